The van der Waals surface area contributed by atoms with Crippen LogP contribution in [0.2, 0.25) is 0 Å². The lowest BCUT2D eigenvalue weighted by Crippen LogP contribution is -2.35. The Morgan fingerprint density at radius 2 is 1.83 bits per heavy atom. The second-order valence-corrected chi connectivity index (χ2v) is 8.27. The molecule has 2 saturated heterocycles. The van der Waals surface area contributed by atoms with Gasteiger partial charge in [-0.2, -0.15) is 0 Å². The highest BCUT2D eigenvalue weighted by molar-refractivity contribution is 5.91. The number of piperidine rings is 1. The molecule has 0 spiro atoms. The minimum absolute atomic E-state index is 0.00962. The highest BCUT2D eigenvalue weighted by Crippen LogP contribution is 2.26. The minimum atomic E-state index is 0.00962. The molecule has 2 fully saturated rings. The Morgan fingerprint density at radius 3 is 2.62 bits per heavy atom. The van der Waals surface area contributed by atoms with Gasteiger partial charge in [-0.15, -0.1) is 0 Å². The summed E-state index contributed by atoms with van der Waals surface area (Å²) < 4.78 is 6.03. The zero-order chi connectivity index (χ0) is 20.2. The Morgan fingerprint density at radius 1 is 1.00 bits per heavy atom. The average molecular weight is 397 g/mol. The number of pyridine rings is 1. The summed E-state index contributed by atoms with van der Waals surface area (Å²) in [5, 5.41) is 0. The molecule has 6 nitrogen and oxygen atoms in total. The van der Waals surface area contributed by atoms with Gasteiger partial charge in [0.05, 0.1) is 6.04 Å². The number of rotatable bonds is 4. The Labute approximate surface area is 173 Å². The number of hydrogen-bond donors (Lipinski definition) is 0. The van der Waals surface area contributed by atoms with Crippen molar-refractivity contribution in [3.63, 3.8) is 0 Å². The standard InChI is InChI=1S/C23H32N4O2/c1-18-17-24-10-9-20(18)26-13-6-14-27(16-15-26)23(28)22-8-7-21(29-22)19(2)25-11-4-3-5-12-25/h7-10,17,19H,3-6,11-16H2,1-2H3. The van der Waals surface area contributed by atoms with Gasteiger partial charge in [-0.1, -0.05) is 6.42 Å². The zero-order valence-corrected chi connectivity index (χ0v) is 17.6. The number of anilines is 1. The molecule has 2 aromatic heterocycles. The van der Waals surface area contributed by atoms with Crippen molar-refractivity contribution in [1.82, 2.24) is 14.8 Å². The van der Waals surface area contributed by atoms with Crippen LogP contribution in [-0.2, 0) is 0 Å². The molecule has 6 heteroatoms. The van der Waals surface area contributed by atoms with Crippen molar-refractivity contribution in [3.8, 4) is 0 Å². The van der Waals surface area contributed by atoms with E-state index in [9.17, 15) is 4.79 Å². The first-order valence-electron chi connectivity index (χ1n) is 10.9. The van der Waals surface area contributed by atoms with Gasteiger partial charge in [0, 0.05) is 44.3 Å². The second kappa shape index (κ2) is 8.99. The molecule has 0 bridgehead atoms. The maximum absolute atomic E-state index is 13.1. The van der Waals surface area contributed by atoms with E-state index in [1.54, 1.807) is 0 Å². The van der Waals surface area contributed by atoms with Crippen molar-refractivity contribution in [2.75, 3.05) is 44.2 Å². The summed E-state index contributed by atoms with van der Waals surface area (Å²) in [5.74, 6) is 1.38. The third-order valence-electron chi connectivity index (χ3n) is 6.30. The van der Waals surface area contributed by atoms with Gasteiger partial charge in [-0.3, -0.25) is 14.7 Å². The van der Waals surface area contributed by atoms with E-state index < -0.39 is 0 Å². The van der Waals surface area contributed by atoms with E-state index in [2.05, 4.69) is 34.7 Å². The normalized spacial score (nSPS) is 19.8. The fraction of sp³-hybridized carbons (Fsp3) is 0.565. The van der Waals surface area contributed by atoms with Gasteiger partial charge >= 0.3 is 0 Å². The van der Waals surface area contributed by atoms with Crippen molar-refractivity contribution in [3.05, 3.63) is 47.7 Å². The Bertz CT molecular complexity index is 828. The molecule has 0 radical (unpaired) electrons. The lowest BCUT2D eigenvalue weighted by molar-refractivity contribution is 0.0727. The fourth-order valence-corrected chi connectivity index (χ4v) is 4.52. The molecule has 0 N–H and O–H groups in total. The van der Waals surface area contributed by atoms with Crippen LogP contribution in [-0.4, -0.2) is 60.0 Å². The molecular formula is C23H32N4O2. The third-order valence-corrected chi connectivity index (χ3v) is 6.30. The van der Waals surface area contributed by atoms with Crippen LogP contribution < -0.4 is 4.90 Å². The number of nitrogens with zero attached hydrogens (tertiary/aromatic N) is 4. The number of aryl methyl sites for hydroxylation is 1. The molecular weight excluding hydrogens is 364 g/mol. The highest BCUT2D eigenvalue weighted by Gasteiger charge is 2.26. The number of likely N-dealkylation sites (tertiary alicyclic amines) is 1. The molecule has 1 unspecified atom stereocenters. The van der Waals surface area contributed by atoms with Gasteiger partial charge in [0.25, 0.3) is 5.91 Å². The van der Waals surface area contributed by atoms with Gasteiger partial charge in [0.2, 0.25) is 0 Å². The molecule has 29 heavy (non-hydrogen) atoms. The van der Waals surface area contributed by atoms with Crippen molar-refractivity contribution in [2.45, 2.75) is 45.6 Å². The van der Waals surface area contributed by atoms with Crippen LogP contribution in [0.5, 0.6) is 0 Å². The number of aromatic nitrogens is 1. The van der Waals surface area contributed by atoms with Crippen LogP contribution in [0.3, 0.4) is 0 Å². The quantitative estimate of drug-likeness (QED) is 0.785. The van der Waals surface area contributed by atoms with Crippen LogP contribution in [0.1, 0.15) is 60.5 Å². The first-order valence-corrected chi connectivity index (χ1v) is 10.9. The Balaban J connectivity index is 1.40. The van der Waals surface area contributed by atoms with Gasteiger partial charge < -0.3 is 14.2 Å². The van der Waals surface area contributed by atoms with Crippen LogP contribution >= 0.6 is 0 Å². The van der Waals surface area contributed by atoms with Gasteiger partial charge in [-0.05, 0) is 70.0 Å². The molecule has 1 atom stereocenters. The largest absolute Gasteiger partial charge is 0.454 e. The van der Waals surface area contributed by atoms with E-state index >= 15 is 0 Å². The summed E-state index contributed by atoms with van der Waals surface area (Å²) in [5.41, 5.74) is 2.39. The molecule has 2 aliphatic heterocycles. The Kier molecular flexibility index (Phi) is 6.19. The zero-order valence-electron chi connectivity index (χ0n) is 17.6. The number of carbonyl (C=O) groups is 1. The summed E-state index contributed by atoms with van der Waals surface area (Å²) in [6.07, 6.45) is 8.50. The molecule has 2 aliphatic rings. The fourth-order valence-electron chi connectivity index (χ4n) is 4.52. The van der Waals surface area contributed by atoms with Crippen molar-refractivity contribution < 1.29 is 9.21 Å². The monoisotopic (exact) mass is 396 g/mol. The number of carbonyl (C=O) groups excluding carboxylic acids is 1. The molecule has 156 valence electrons. The minimum Gasteiger partial charge on any atom is -0.454 e. The van der Waals surface area contributed by atoms with E-state index in [1.807, 2.05) is 29.4 Å². The lowest BCUT2D eigenvalue weighted by Gasteiger charge is -2.31. The predicted molar refractivity (Wildman–Crippen MR) is 114 cm³/mol. The topological polar surface area (TPSA) is 52.8 Å². The van der Waals surface area contributed by atoms with Gasteiger partial charge in [0.1, 0.15) is 5.76 Å². The van der Waals surface area contributed by atoms with Crippen LogP contribution in [0.4, 0.5) is 5.69 Å². The van der Waals surface area contributed by atoms with E-state index in [0.29, 0.717) is 12.3 Å². The average Bonchev–Trinajstić information content (AvgIpc) is 3.12. The molecule has 4 heterocycles. The number of hydrogen-bond acceptors (Lipinski definition) is 5. The van der Waals surface area contributed by atoms with Gasteiger partial charge in [0.15, 0.2) is 5.76 Å². The van der Waals surface area contributed by atoms with E-state index in [-0.39, 0.29) is 11.9 Å². The first kappa shape index (κ1) is 20.0. The van der Waals surface area contributed by atoms with Crippen LogP contribution in [0.25, 0.3) is 0 Å². The maximum atomic E-state index is 13.1. The SMILES string of the molecule is Cc1cnccc1N1CCCN(C(=O)c2ccc(C(C)N3CCCCC3)o2)CC1. The number of furan rings is 1. The summed E-state index contributed by atoms with van der Waals surface area (Å²) in [6.45, 7) is 9.74. The predicted octanol–water partition coefficient (Wildman–Crippen LogP) is 3.88. The molecule has 0 aromatic carbocycles. The second-order valence-electron chi connectivity index (χ2n) is 8.27. The Hall–Kier alpha value is -2.34. The summed E-state index contributed by atoms with van der Waals surface area (Å²) in [7, 11) is 0. The highest BCUT2D eigenvalue weighted by atomic mass is 16.4. The molecule has 4 rings (SSSR count). The van der Waals surface area contributed by atoms with Crippen molar-refractivity contribution >= 4 is 11.6 Å². The van der Waals surface area contributed by atoms with E-state index in [0.717, 1.165) is 44.9 Å². The molecule has 0 saturated carbocycles. The molecule has 0 aliphatic carbocycles. The third kappa shape index (κ3) is 4.47. The lowest BCUT2D eigenvalue weighted by atomic mass is 10.1. The first-order chi connectivity index (χ1) is 14.1. The van der Waals surface area contributed by atoms with E-state index in [4.69, 9.17) is 4.42 Å². The van der Waals surface area contributed by atoms with E-state index in [1.165, 1.54) is 30.5 Å². The smallest absolute Gasteiger partial charge is 0.289 e. The van der Waals surface area contributed by atoms with Crippen molar-refractivity contribution in [1.29, 1.82) is 0 Å². The summed E-state index contributed by atoms with van der Waals surface area (Å²) in [6, 6.07) is 6.13. The van der Waals surface area contributed by atoms with Crippen molar-refractivity contribution in [2.24, 2.45) is 0 Å². The molecule has 2 aromatic rings. The van der Waals surface area contributed by atoms with Gasteiger partial charge in [-0.25, -0.2) is 0 Å². The number of amides is 1. The summed E-state index contributed by atoms with van der Waals surface area (Å²) in [4.78, 5) is 24.0. The van der Waals surface area contributed by atoms with Crippen LogP contribution in [0, 0.1) is 6.92 Å². The summed E-state index contributed by atoms with van der Waals surface area (Å²) >= 11 is 0. The van der Waals surface area contributed by atoms with Crippen LogP contribution in [0.15, 0.2) is 35.0 Å². The maximum Gasteiger partial charge on any atom is 0.289 e. The molecule has 1 amide bonds.